The van der Waals surface area contributed by atoms with E-state index in [-0.39, 0.29) is 17.6 Å². The van der Waals surface area contributed by atoms with Gasteiger partial charge < -0.3 is 4.74 Å². The summed E-state index contributed by atoms with van der Waals surface area (Å²) in [6.07, 6.45) is 5.98. The maximum Gasteiger partial charge on any atom is 0.338 e. The van der Waals surface area contributed by atoms with Gasteiger partial charge in [-0.25, -0.2) is 29.1 Å². The highest BCUT2D eigenvalue weighted by molar-refractivity contribution is 5.89. The Morgan fingerprint density at radius 1 is 1.12 bits per heavy atom. The van der Waals surface area contributed by atoms with Crippen molar-refractivity contribution in [3.05, 3.63) is 76.5 Å². The summed E-state index contributed by atoms with van der Waals surface area (Å²) < 4.78 is 8.24. The molecule has 10 heteroatoms. The van der Waals surface area contributed by atoms with Crippen molar-refractivity contribution in [3.63, 3.8) is 0 Å². The molecule has 0 amide bonds. The van der Waals surface area contributed by atoms with Crippen molar-refractivity contribution in [1.29, 1.82) is 0 Å². The average Bonchev–Trinajstić information content (AvgIpc) is 3.29. The van der Waals surface area contributed by atoms with Gasteiger partial charge in [0, 0.05) is 0 Å². The Kier molecular flexibility index (Phi) is 5.95. The van der Waals surface area contributed by atoms with Crippen LogP contribution in [-0.4, -0.2) is 46.1 Å². The van der Waals surface area contributed by atoms with Gasteiger partial charge in [0.05, 0.1) is 24.5 Å². The van der Waals surface area contributed by atoms with E-state index in [0.717, 1.165) is 5.56 Å². The zero-order valence-corrected chi connectivity index (χ0v) is 18.4. The summed E-state index contributed by atoms with van der Waals surface area (Å²) in [6.45, 7) is 6.00. The average molecular weight is 443 g/mol. The summed E-state index contributed by atoms with van der Waals surface area (Å²) in [4.78, 5) is 37.6. The molecule has 0 saturated heterocycles. The summed E-state index contributed by atoms with van der Waals surface area (Å²) in [7, 11) is 0. The van der Waals surface area contributed by atoms with Crippen LogP contribution in [0.15, 0.2) is 54.1 Å². The fourth-order valence-corrected chi connectivity index (χ4v) is 2.90. The number of nitrogens with zero attached hydrogens (tertiary/aromatic N) is 7. The van der Waals surface area contributed by atoms with Gasteiger partial charge in [0.2, 0.25) is 0 Å². The van der Waals surface area contributed by atoms with Crippen LogP contribution in [0.1, 0.15) is 42.4 Å². The highest BCUT2D eigenvalue weighted by Gasteiger charge is 2.17. The summed E-state index contributed by atoms with van der Waals surface area (Å²) in [5.74, 6) is 5.40. The Balaban J connectivity index is 1.53. The van der Waals surface area contributed by atoms with E-state index in [9.17, 15) is 9.59 Å². The lowest BCUT2D eigenvalue weighted by molar-refractivity contribution is 0.00695. The van der Waals surface area contributed by atoms with Crippen LogP contribution in [0.5, 0.6) is 0 Å². The Labute approximate surface area is 189 Å². The van der Waals surface area contributed by atoms with E-state index >= 15 is 0 Å². The second-order valence-corrected chi connectivity index (χ2v) is 8.19. The Bertz CT molecular complexity index is 1410. The van der Waals surface area contributed by atoms with E-state index in [1.54, 1.807) is 35.3 Å². The van der Waals surface area contributed by atoms with Crippen molar-refractivity contribution in [1.82, 2.24) is 34.5 Å². The zero-order chi connectivity index (χ0) is 23.4. The molecular formula is C23H21N7O3. The highest BCUT2D eigenvalue weighted by atomic mass is 16.6. The lowest BCUT2D eigenvalue weighted by Gasteiger charge is -2.19. The molecule has 166 valence electrons. The first-order valence-corrected chi connectivity index (χ1v) is 10.1. The first-order valence-electron chi connectivity index (χ1n) is 10.1. The number of aromatic nitrogens is 7. The monoisotopic (exact) mass is 443 g/mol. The Morgan fingerprint density at radius 2 is 1.91 bits per heavy atom. The number of hydrogen-bond acceptors (Lipinski definition) is 8. The Hall–Kier alpha value is -4.39. The minimum atomic E-state index is -0.571. The molecule has 4 rings (SSSR count). The van der Waals surface area contributed by atoms with E-state index in [1.165, 1.54) is 23.4 Å². The highest BCUT2D eigenvalue weighted by Crippen LogP contribution is 2.13. The molecule has 0 unspecified atom stereocenters. The largest absolute Gasteiger partial charge is 0.456 e. The van der Waals surface area contributed by atoms with Gasteiger partial charge in [0.25, 0.3) is 5.56 Å². The number of benzene rings is 1. The number of rotatable bonds is 4. The quantitative estimate of drug-likeness (QED) is 0.346. The molecule has 3 aromatic heterocycles. The molecule has 3 heterocycles. The van der Waals surface area contributed by atoms with Crippen LogP contribution < -0.4 is 5.56 Å². The summed E-state index contributed by atoms with van der Waals surface area (Å²) in [5.41, 5.74) is 1.23. The molecule has 0 radical (unpaired) electrons. The minimum absolute atomic E-state index is 0.183. The standard InChI is InChI=1S/C23H21N7O3/c1-23(2,3)33-22(32)17-8-6-16(7-9-17)13-30-21(31)20-19(12-26-30)25-11-18(28-20)5-4-10-29-15-24-14-27-29/h6-9,11-12,14-15H,10,13H2,1-3H3. The topological polar surface area (TPSA) is 118 Å². The van der Waals surface area contributed by atoms with Gasteiger partial charge in [-0.05, 0) is 44.4 Å². The molecule has 0 bridgehead atoms. The van der Waals surface area contributed by atoms with Gasteiger partial charge in [-0.2, -0.15) is 10.2 Å². The van der Waals surface area contributed by atoms with Crippen molar-refractivity contribution < 1.29 is 9.53 Å². The van der Waals surface area contributed by atoms with Crippen LogP contribution in [0.4, 0.5) is 0 Å². The van der Waals surface area contributed by atoms with Crippen LogP contribution in [-0.2, 0) is 17.8 Å². The van der Waals surface area contributed by atoms with Crippen molar-refractivity contribution in [2.75, 3.05) is 0 Å². The molecule has 0 atom stereocenters. The Morgan fingerprint density at radius 3 is 2.61 bits per heavy atom. The van der Waals surface area contributed by atoms with Crippen LogP contribution in [0.2, 0.25) is 0 Å². The predicted octanol–water partition coefficient (Wildman–Crippen LogP) is 1.83. The fraction of sp³-hybridized carbons (Fsp3) is 0.261. The number of esters is 1. The van der Waals surface area contributed by atoms with E-state index in [1.807, 2.05) is 20.8 Å². The van der Waals surface area contributed by atoms with E-state index in [2.05, 4.69) is 37.0 Å². The summed E-state index contributed by atoms with van der Waals surface area (Å²) >= 11 is 0. The summed E-state index contributed by atoms with van der Waals surface area (Å²) in [5, 5.41) is 8.16. The molecule has 0 fully saturated rings. The molecule has 0 aliphatic heterocycles. The van der Waals surface area contributed by atoms with Crippen LogP contribution in [0, 0.1) is 11.8 Å². The lowest BCUT2D eigenvalue weighted by Crippen LogP contribution is -2.25. The first-order chi connectivity index (χ1) is 15.8. The molecule has 0 N–H and O–H groups in total. The van der Waals surface area contributed by atoms with Crippen molar-refractivity contribution in [3.8, 4) is 11.8 Å². The SMILES string of the molecule is CC(C)(C)OC(=O)c1ccc(Cn2ncc3ncc(C#CCn4cncn4)nc3c2=O)cc1. The van der Waals surface area contributed by atoms with Gasteiger partial charge in [-0.3, -0.25) is 4.79 Å². The maximum atomic E-state index is 12.9. The van der Waals surface area contributed by atoms with Gasteiger partial charge in [-0.1, -0.05) is 18.1 Å². The number of hydrogen-bond donors (Lipinski definition) is 0. The maximum absolute atomic E-state index is 12.9. The van der Waals surface area contributed by atoms with Gasteiger partial charge >= 0.3 is 5.97 Å². The van der Waals surface area contributed by atoms with Gasteiger partial charge in [-0.15, -0.1) is 0 Å². The molecule has 0 aliphatic rings. The smallest absolute Gasteiger partial charge is 0.338 e. The molecule has 4 aromatic rings. The second-order valence-electron chi connectivity index (χ2n) is 8.19. The molecule has 33 heavy (non-hydrogen) atoms. The van der Waals surface area contributed by atoms with Crippen molar-refractivity contribution in [2.24, 2.45) is 0 Å². The van der Waals surface area contributed by atoms with Gasteiger partial charge in [0.15, 0.2) is 5.52 Å². The number of fused-ring (bicyclic) bond motifs is 1. The molecule has 0 saturated carbocycles. The lowest BCUT2D eigenvalue weighted by atomic mass is 10.1. The van der Waals surface area contributed by atoms with Crippen molar-refractivity contribution in [2.45, 2.75) is 39.5 Å². The van der Waals surface area contributed by atoms with Crippen LogP contribution >= 0.6 is 0 Å². The minimum Gasteiger partial charge on any atom is -0.456 e. The molecule has 0 spiro atoms. The first kappa shape index (κ1) is 21.8. The molecular weight excluding hydrogens is 422 g/mol. The zero-order valence-electron chi connectivity index (χ0n) is 18.4. The van der Waals surface area contributed by atoms with E-state index in [4.69, 9.17) is 4.74 Å². The fourth-order valence-electron chi connectivity index (χ4n) is 2.90. The van der Waals surface area contributed by atoms with E-state index < -0.39 is 11.6 Å². The van der Waals surface area contributed by atoms with E-state index in [0.29, 0.717) is 23.3 Å². The molecule has 1 aromatic carbocycles. The normalized spacial score (nSPS) is 11.1. The number of carbonyl (C=O) groups excluding carboxylic acids is 1. The van der Waals surface area contributed by atoms with Gasteiger partial charge in [0.1, 0.15) is 36.0 Å². The third kappa shape index (κ3) is 5.46. The predicted molar refractivity (Wildman–Crippen MR) is 119 cm³/mol. The number of ether oxygens (including phenoxy) is 1. The van der Waals surface area contributed by atoms with Crippen LogP contribution in [0.25, 0.3) is 11.0 Å². The van der Waals surface area contributed by atoms with Crippen molar-refractivity contribution >= 4 is 17.0 Å². The molecule has 10 nitrogen and oxygen atoms in total. The third-order valence-electron chi connectivity index (χ3n) is 4.40. The molecule has 0 aliphatic carbocycles. The second kappa shape index (κ2) is 9.00. The number of carbonyl (C=O) groups is 1. The van der Waals surface area contributed by atoms with Crippen LogP contribution in [0.3, 0.4) is 0 Å². The third-order valence-corrected chi connectivity index (χ3v) is 4.40. The summed E-state index contributed by atoms with van der Waals surface area (Å²) in [6, 6.07) is 6.85.